The van der Waals surface area contributed by atoms with Crippen molar-refractivity contribution in [2.45, 2.75) is 39.2 Å². The van der Waals surface area contributed by atoms with Gasteiger partial charge in [0.2, 0.25) is 0 Å². The number of nitrogens with one attached hydrogen (secondary N) is 1. The van der Waals surface area contributed by atoms with E-state index in [2.05, 4.69) is 36.2 Å². The lowest BCUT2D eigenvalue weighted by Gasteiger charge is -2.20. The zero-order chi connectivity index (χ0) is 10.6. The van der Waals surface area contributed by atoms with E-state index in [0.717, 1.165) is 25.2 Å². The van der Waals surface area contributed by atoms with E-state index in [-0.39, 0.29) is 5.54 Å². The van der Waals surface area contributed by atoms with Crippen LogP contribution in [0.1, 0.15) is 33.0 Å². The quantitative estimate of drug-likeness (QED) is 0.734. The second-order valence-corrected chi connectivity index (χ2v) is 4.58. The molecule has 0 aliphatic rings. The number of aryl methyl sites for hydroxylation is 2. The van der Waals surface area contributed by atoms with Crippen molar-refractivity contribution >= 4 is 0 Å². The molecule has 0 unspecified atom stereocenters. The molecule has 4 nitrogen and oxygen atoms in total. The first-order valence-electron chi connectivity index (χ1n) is 5.07. The first-order valence-corrected chi connectivity index (χ1v) is 5.07. The maximum absolute atomic E-state index is 4.17. The second-order valence-electron chi connectivity index (χ2n) is 4.58. The van der Waals surface area contributed by atoms with Crippen LogP contribution in [0.4, 0.5) is 0 Å². The molecule has 1 aromatic rings. The summed E-state index contributed by atoms with van der Waals surface area (Å²) in [5, 5.41) is 7.48. The van der Waals surface area contributed by atoms with E-state index in [4.69, 9.17) is 0 Å². The van der Waals surface area contributed by atoms with Crippen LogP contribution in [-0.2, 0) is 13.5 Å². The summed E-state index contributed by atoms with van der Waals surface area (Å²) in [6.07, 6.45) is 3.69. The molecular formula is C10H20N4. The van der Waals surface area contributed by atoms with Crippen molar-refractivity contribution < 1.29 is 0 Å². The van der Waals surface area contributed by atoms with Crippen molar-refractivity contribution in [3.8, 4) is 0 Å². The molecular weight excluding hydrogens is 176 g/mol. The molecule has 1 aromatic heterocycles. The van der Waals surface area contributed by atoms with E-state index < -0.39 is 0 Å². The summed E-state index contributed by atoms with van der Waals surface area (Å²) in [7, 11) is 1.93. The van der Waals surface area contributed by atoms with Crippen molar-refractivity contribution in [2.75, 3.05) is 6.54 Å². The van der Waals surface area contributed by atoms with Gasteiger partial charge < -0.3 is 5.32 Å². The van der Waals surface area contributed by atoms with Crippen LogP contribution in [0.25, 0.3) is 0 Å². The SMILES string of the molecule is Cn1ncnc1CCCNC(C)(C)C. The smallest absolute Gasteiger partial charge is 0.138 e. The fourth-order valence-corrected chi connectivity index (χ4v) is 1.26. The predicted molar refractivity (Wildman–Crippen MR) is 57.1 cm³/mol. The van der Waals surface area contributed by atoms with Gasteiger partial charge in [0.05, 0.1) is 0 Å². The highest BCUT2D eigenvalue weighted by atomic mass is 15.3. The predicted octanol–water partition coefficient (Wildman–Crippen LogP) is 1.14. The van der Waals surface area contributed by atoms with Crippen LogP contribution in [0, 0.1) is 0 Å². The molecule has 0 aliphatic heterocycles. The molecule has 0 saturated carbocycles. The molecule has 80 valence electrons. The van der Waals surface area contributed by atoms with Gasteiger partial charge in [0.15, 0.2) is 0 Å². The van der Waals surface area contributed by atoms with Crippen LogP contribution < -0.4 is 5.32 Å². The van der Waals surface area contributed by atoms with Gasteiger partial charge in [0, 0.05) is 19.0 Å². The van der Waals surface area contributed by atoms with Gasteiger partial charge in [-0.1, -0.05) is 0 Å². The Morgan fingerprint density at radius 1 is 1.43 bits per heavy atom. The Kier molecular flexibility index (Phi) is 3.63. The molecule has 0 aliphatic carbocycles. The zero-order valence-corrected chi connectivity index (χ0v) is 9.54. The molecule has 1 N–H and O–H groups in total. The topological polar surface area (TPSA) is 42.7 Å². The van der Waals surface area contributed by atoms with Gasteiger partial charge >= 0.3 is 0 Å². The standard InChI is InChI=1S/C10H20N4/c1-10(2,3)12-7-5-6-9-11-8-13-14(9)4/h8,12H,5-7H2,1-4H3. The van der Waals surface area contributed by atoms with E-state index in [1.54, 1.807) is 6.33 Å². The number of rotatable bonds is 4. The molecule has 0 fully saturated rings. The van der Waals surface area contributed by atoms with E-state index in [9.17, 15) is 0 Å². The number of hydrogen-bond donors (Lipinski definition) is 1. The van der Waals surface area contributed by atoms with Gasteiger partial charge in [-0.25, -0.2) is 4.98 Å². The average Bonchev–Trinajstić information content (AvgIpc) is 2.44. The van der Waals surface area contributed by atoms with Crippen LogP contribution in [0.3, 0.4) is 0 Å². The first kappa shape index (κ1) is 11.2. The third kappa shape index (κ3) is 3.87. The summed E-state index contributed by atoms with van der Waals surface area (Å²) in [5.41, 5.74) is 0.208. The molecule has 0 radical (unpaired) electrons. The molecule has 0 spiro atoms. The second kappa shape index (κ2) is 4.55. The Morgan fingerprint density at radius 3 is 2.64 bits per heavy atom. The minimum absolute atomic E-state index is 0.208. The van der Waals surface area contributed by atoms with Crippen LogP contribution in [0.15, 0.2) is 6.33 Å². The number of hydrogen-bond acceptors (Lipinski definition) is 3. The Hall–Kier alpha value is -0.900. The lowest BCUT2D eigenvalue weighted by Crippen LogP contribution is -2.36. The van der Waals surface area contributed by atoms with Crippen LogP contribution in [-0.4, -0.2) is 26.8 Å². The number of nitrogens with zero attached hydrogens (tertiary/aromatic N) is 3. The molecule has 0 atom stereocenters. The maximum atomic E-state index is 4.17. The summed E-state index contributed by atoms with van der Waals surface area (Å²) in [6.45, 7) is 7.55. The minimum atomic E-state index is 0.208. The highest BCUT2D eigenvalue weighted by Gasteiger charge is 2.07. The highest BCUT2D eigenvalue weighted by molar-refractivity contribution is 4.83. The Morgan fingerprint density at radius 2 is 2.14 bits per heavy atom. The lowest BCUT2D eigenvalue weighted by atomic mass is 10.1. The molecule has 0 aromatic carbocycles. The van der Waals surface area contributed by atoms with Gasteiger partial charge in [0.1, 0.15) is 12.2 Å². The van der Waals surface area contributed by atoms with E-state index in [0.29, 0.717) is 0 Å². The van der Waals surface area contributed by atoms with Gasteiger partial charge in [-0.2, -0.15) is 5.10 Å². The van der Waals surface area contributed by atoms with E-state index in [1.165, 1.54) is 0 Å². The summed E-state index contributed by atoms with van der Waals surface area (Å²) in [4.78, 5) is 4.17. The number of aromatic nitrogens is 3. The monoisotopic (exact) mass is 196 g/mol. The largest absolute Gasteiger partial charge is 0.312 e. The zero-order valence-electron chi connectivity index (χ0n) is 9.54. The Balaban J connectivity index is 2.20. The summed E-state index contributed by atoms with van der Waals surface area (Å²) >= 11 is 0. The normalized spacial score (nSPS) is 12.0. The molecule has 4 heteroatoms. The average molecular weight is 196 g/mol. The van der Waals surface area contributed by atoms with Crippen LogP contribution in [0.5, 0.6) is 0 Å². The Bertz CT molecular complexity index is 272. The van der Waals surface area contributed by atoms with Gasteiger partial charge in [-0.05, 0) is 33.7 Å². The summed E-state index contributed by atoms with van der Waals surface area (Å²) in [6, 6.07) is 0. The molecule has 1 rings (SSSR count). The summed E-state index contributed by atoms with van der Waals surface area (Å²) in [5.74, 6) is 1.06. The van der Waals surface area contributed by atoms with Crippen molar-refractivity contribution in [1.82, 2.24) is 20.1 Å². The fourth-order valence-electron chi connectivity index (χ4n) is 1.26. The lowest BCUT2D eigenvalue weighted by molar-refractivity contribution is 0.420. The van der Waals surface area contributed by atoms with Crippen molar-refractivity contribution in [2.24, 2.45) is 7.05 Å². The highest BCUT2D eigenvalue weighted by Crippen LogP contribution is 2.00. The third-order valence-electron chi connectivity index (χ3n) is 2.04. The molecule has 0 bridgehead atoms. The molecule has 1 heterocycles. The van der Waals surface area contributed by atoms with Crippen LogP contribution in [0.2, 0.25) is 0 Å². The maximum Gasteiger partial charge on any atom is 0.138 e. The van der Waals surface area contributed by atoms with Crippen molar-refractivity contribution in [3.05, 3.63) is 12.2 Å². The molecule has 14 heavy (non-hydrogen) atoms. The van der Waals surface area contributed by atoms with Crippen molar-refractivity contribution in [1.29, 1.82) is 0 Å². The fraction of sp³-hybridized carbons (Fsp3) is 0.800. The van der Waals surface area contributed by atoms with Gasteiger partial charge in [0.25, 0.3) is 0 Å². The van der Waals surface area contributed by atoms with E-state index in [1.807, 2.05) is 11.7 Å². The summed E-state index contributed by atoms with van der Waals surface area (Å²) < 4.78 is 1.83. The first-order chi connectivity index (χ1) is 6.49. The molecule has 0 amide bonds. The minimum Gasteiger partial charge on any atom is -0.312 e. The van der Waals surface area contributed by atoms with Crippen LogP contribution >= 0.6 is 0 Å². The van der Waals surface area contributed by atoms with E-state index >= 15 is 0 Å². The van der Waals surface area contributed by atoms with Gasteiger partial charge in [-0.3, -0.25) is 4.68 Å². The van der Waals surface area contributed by atoms with Gasteiger partial charge in [-0.15, -0.1) is 0 Å². The molecule has 0 saturated heterocycles. The third-order valence-corrected chi connectivity index (χ3v) is 2.04. The Labute approximate surface area is 85.7 Å². The van der Waals surface area contributed by atoms with Crippen molar-refractivity contribution in [3.63, 3.8) is 0 Å².